The Morgan fingerprint density at radius 3 is 2.92 bits per heavy atom. The monoisotopic (exact) mass is 176 g/mol. The molecule has 0 saturated heterocycles. The van der Waals surface area contributed by atoms with Gasteiger partial charge >= 0.3 is 0 Å². The van der Waals surface area contributed by atoms with E-state index in [4.69, 9.17) is 0 Å². The van der Waals surface area contributed by atoms with Gasteiger partial charge in [-0.25, -0.2) is 0 Å². The molecule has 1 fully saturated rings. The lowest BCUT2D eigenvalue weighted by molar-refractivity contribution is 0.291. The molecule has 13 heavy (non-hydrogen) atoms. The van der Waals surface area contributed by atoms with E-state index in [2.05, 4.69) is 31.2 Å². The molecule has 0 heterocycles. The van der Waals surface area contributed by atoms with Crippen molar-refractivity contribution in [1.82, 2.24) is 0 Å². The summed E-state index contributed by atoms with van der Waals surface area (Å²) in [6.07, 6.45) is 17.7. The Morgan fingerprint density at radius 2 is 2.15 bits per heavy atom. The summed E-state index contributed by atoms with van der Waals surface area (Å²) in [5.74, 6) is 0.929. The molecular weight excluding hydrogens is 156 g/mol. The van der Waals surface area contributed by atoms with Gasteiger partial charge < -0.3 is 0 Å². The molecule has 1 unspecified atom stereocenters. The largest absolute Gasteiger partial charge is 0.0837 e. The van der Waals surface area contributed by atoms with Crippen LogP contribution in [0.2, 0.25) is 0 Å². The second-order valence-electron chi connectivity index (χ2n) is 4.91. The summed E-state index contributed by atoms with van der Waals surface area (Å²) < 4.78 is 0. The molecule has 0 nitrogen and oxygen atoms in total. The zero-order chi connectivity index (χ0) is 9.15. The van der Waals surface area contributed by atoms with Crippen LogP contribution in [0.3, 0.4) is 0 Å². The van der Waals surface area contributed by atoms with Crippen LogP contribution < -0.4 is 0 Å². The van der Waals surface area contributed by atoms with Crippen LogP contribution in [0.15, 0.2) is 24.3 Å². The van der Waals surface area contributed by atoms with E-state index in [0.717, 1.165) is 5.92 Å². The van der Waals surface area contributed by atoms with Gasteiger partial charge in [-0.1, -0.05) is 50.5 Å². The second-order valence-corrected chi connectivity index (χ2v) is 4.91. The maximum absolute atomic E-state index is 2.47. The van der Waals surface area contributed by atoms with Crippen molar-refractivity contribution >= 4 is 0 Å². The van der Waals surface area contributed by atoms with Crippen molar-refractivity contribution in [2.24, 2.45) is 11.3 Å². The lowest BCUT2D eigenvalue weighted by Crippen LogP contribution is -2.19. The minimum Gasteiger partial charge on any atom is -0.0837 e. The van der Waals surface area contributed by atoms with Crippen LogP contribution in [0.25, 0.3) is 0 Å². The summed E-state index contributed by atoms with van der Waals surface area (Å²) in [6, 6.07) is 0. The lowest BCUT2D eigenvalue weighted by Gasteiger charge is -2.31. The van der Waals surface area contributed by atoms with Crippen molar-refractivity contribution < 1.29 is 0 Å². The summed E-state index contributed by atoms with van der Waals surface area (Å²) in [6.45, 7) is 2.42. The summed E-state index contributed by atoms with van der Waals surface area (Å²) >= 11 is 0. The van der Waals surface area contributed by atoms with E-state index in [9.17, 15) is 0 Å². The fourth-order valence-electron chi connectivity index (χ4n) is 2.91. The average Bonchev–Trinajstić information content (AvgIpc) is 2.29. The van der Waals surface area contributed by atoms with E-state index in [1.807, 2.05) is 0 Å². The Labute approximate surface area is 81.7 Å². The number of allylic oxidation sites excluding steroid dienone is 4. The van der Waals surface area contributed by atoms with Crippen LogP contribution in [-0.2, 0) is 0 Å². The Morgan fingerprint density at radius 1 is 1.23 bits per heavy atom. The molecule has 1 saturated carbocycles. The lowest BCUT2D eigenvalue weighted by atomic mass is 9.73. The van der Waals surface area contributed by atoms with E-state index >= 15 is 0 Å². The molecule has 2 rings (SSSR count). The molecule has 0 heteroatoms. The van der Waals surface area contributed by atoms with Gasteiger partial charge in [-0.15, -0.1) is 0 Å². The fourth-order valence-corrected chi connectivity index (χ4v) is 2.91. The second kappa shape index (κ2) is 3.69. The third-order valence-corrected chi connectivity index (χ3v) is 3.60. The van der Waals surface area contributed by atoms with Gasteiger partial charge in [0.15, 0.2) is 0 Å². The molecule has 0 aromatic heterocycles. The molecule has 0 N–H and O–H groups in total. The number of rotatable bonds is 0. The molecular formula is C13H20. The topological polar surface area (TPSA) is 0 Å². The van der Waals surface area contributed by atoms with Crippen LogP contribution >= 0.6 is 0 Å². The maximum atomic E-state index is 2.47. The molecule has 0 aliphatic heterocycles. The first-order valence-electron chi connectivity index (χ1n) is 5.65. The van der Waals surface area contributed by atoms with E-state index in [1.165, 1.54) is 38.5 Å². The molecule has 1 spiro atoms. The summed E-state index contributed by atoms with van der Waals surface area (Å²) in [7, 11) is 0. The number of hydrogen-bond acceptors (Lipinski definition) is 0. The molecule has 0 bridgehead atoms. The van der Waals surface area contributed by atoms with Crippen LogP contribution in [0.1, 0.15) is 45.4 Å². The summed E-state index contributed by atoms with van der Waals surface area (Å²) in [5, 5.41) is 0. The summed E-state index contributed by atoms with van der Waals surface area (Å²) in [4.78, 5) is 0. The molecule has 72 valence electrons. The zero-order valence-corrected chi connectivity index (χ0v) is 8.63. The number of hydrogen-bond donors (Lipinski definition) is 0. The van der Waals surface area contributed by atoms with Crippen LogP contribution in [0, 0.1) is 11.3 Å². The highest BCUT2D eigenvalue weighted by Crippen LogP contribution is 2.43. The average molecular weight is 176 g/mol. The Kier molecular flexibility index (Phi) is 2.57. The van der Waals surface area contributed by atoms with Crippen LogP contribution in [0.5, 0.6) is 0 Å². The normalized spacial score (nSPS) is 39.3. The molecule has 0 amide bonds. The highest BCUT2D eigenvalue weighted by Gasteiger charge is 2.30. The van der Waals surface area contributed by atoms with Crippen molar-refractivity contribution in [1.29, 1.82) is 0 Å². The standard InChI is InChI=1S/C13H20/c1-12-7-3-6-10-13(11-12)8-4-2-5-9-13/h2,4-5,8,12H,3,6-7,9-11H2,1H3/t12-,13?/m1/s1. The molecule has 0 radical (unpaired) electrons. The van der Waals surface area contributed by atoms with Gasteiger partial charge in [-0.3, -0.25) is 0 Å². The van der Waals surface area contributed by atoms with Gasteiger partial charge in [0.2, 0.25) is 0 Å². The van der Waals surface area contributed by atoms with E-state index in [1.54, 1.807) is 0 Å². The molecule has 0 aromatic rings. The minimum absolute atomic E-state index is 0.546. The first-order chi connectivity index (χ1) is 6.31. The van der Waals surface area contributed by atoms with Crippen LogP contribution in [0.4, 0.5) is 0 Å². The minimum atomic E-state index is 0.546. The van der Waals surface area contributed by atoms with E-state index in [0.29, 0.717) is 5.41 Å². The van der Waals surface area contributed by atoms with E-state index < -0.39 is 0 Å². The molecule has 2 aliphatic carbocycles. The third-order valence-electron chi connectivity index (χ3n) is 3.60. The fraction of sp³-hybridized carbons (Fsp3) is 0.692. The third kappa shape index (κ3) is 2.04. The van der Waals surface area contributed by atoms with Gasteiger partial charge in [-0.2, -0.15) is 0 Å². The Hall–Kier alpha value is -0.520. The Balaban J connectivity index is 2.11. The van der Waals surface area contributed by atoms with Gasteiger partial charge in [0.05, 0.1) is 0 Å². The SMILES string of the molecule is C[C@@H]1CCCCC2(C=CC=CC2)C1. The molecule has 2 aliphatic rings. The van der Waals surface area contributed by atoms with Gasteiger partial charge in [0, 0.05) is 0 Å². The smallest absolute Gasteiger partial charge is 0.00780 e. The summed E-state index contributed by atoms with van der Waals surface area (Å²) in [5.41, 5.74) is 0.546. The van der Waals surface area contributed by atoms with Crippen molar-refractivity contribution in [3.05, 3.63) is 24.3 Å². The van der Waals surface area contributed by atoms with Crippen molar-refractivity contribution in [3.8, 4) is 0 Å². The van der Waals surface area contributed by atoms with Crippen LogP contribution in [-0.4, -0.2) is 0 Å². The predicted octanol–water partition coefficient (Wildman–Crippen LogP) is 4.09. The van der Waals surface area contributed by atoms with Gasteiger partial charge in [-0.05, 0) is 30.6 Å². The van der Waals surface area contributed by atoms with Crippen molar-refractivity contribution in [2.45, 2.75) is 45.4 Å². The van der Waals surface area contributed by atoms with Crippen molar-refractivity contribution in [2.75, 3.05) is 0 Å². The van der Waals surface area contributed by atoms with Gasteiger partial charge in [0.25, 0.3) is 0 Å². The maximum Gasteiger partial charge on any atom is -0.00780 e. The quantitative estimate of drug-likeness (QED) is 0.521. The first-order valence-corrected chi connectivity index (χ1v) is 5.65. The van der Waals surface area contributed by atoms with E-state index in [-0.39, 0.29) is 0 Å². The molecule has 2 atom stereocenters. The Bertz CT molecular complexity index is 224. The zero-order valence-electron chi connectivity index (χ0n) is 8.63. The first kappa shape index (κ1) is 9.05. The van der Waals surface area contributed by atoms with Crippen molar-refractivity contribution in [3.63, 3.8) is 0 Å². The highest BCUT2D eigenvalue weighted by atomic mass is 14.3. The molecule has 0 aromatic carbocycles. The highest BCUT2D eigenvalue weighted by molar-refractivity contribution is 5.17. The van der Waals surface area contributed by atoms with Gasteiger partial charge in [0.1, 0.15) is 0 Å². The predicted molar refractivity (Wildman–Crippen MR) is 57.6 cm³/mol.